The van der Waals surface area contributed by atoms with Crippen LogP contribution in [-0.4, -0.2) is 28.2 Å². The third-order valence-corrected chi connectivity index (χ3v) is 5.84. The van der Waals surface area contributed by atoms with E-state index in [4.69, 9.17) is 16.3 Å². The summed E-state index contributed by atoms with van der Waals surface area (Å²) in [6.07, 6.45) is 0. The molecule has 0 aliphatic heterocycles. The lowest BCUT2D eigenvalue weighted by molar-refractivity contribution is -0.143. The van der Waals surface area contributed by atoms with Gasteiger partial charge in [0.05, 0.1) is 16.3 Å². The Morgan fingerprint density at radius 3 is 2.60 bits per heavy atom. The van der Waals surface area contributed by atoms with Gasteiger partial charge >= 0.3 is 5.97 Å². The zero-order valence-corrected chi connectivity index (χ0v) is 17.7. The highest BCUT2D eigenvalue weighted by Crippen LogP contribution is 2.30. The molecule has 0 saturated heterocycles. The molecule has 0 unspecified atom stereocenters. The van der Waals surface area contributed by atoms with Crippen molar-refractivity contribution >= 4 is 45.0 Å². The minimum atomic E-state index is -0.489. The lowest BCUT2D eigenvalue weighted by atomic mass is 10.2. The molecule has 8 heteroatoms. The van der Waals surface area contributed by atoms with Crippen LogP contribution in [0.25, 0.3) is 15.9 Å². The van der Waals surface area contributed by atoms with E-state index in [1.807, 2.05) is 49.4 Å². The Kier molecular flexibility index (Phi) is 5.83. The van der Waals surface area contributed by atoms with Crippen LogP contribution in [0.15, 0.2) is 60.7 Å². The highest BCUT2D eigenvalue weighted by atomic mass is 35.5. The Morgan fingerprint density at radius 2 is 1.87 bits per heavy atom. The fourth-order valence-electron chi connectivity index (χ4n) is 2.95. The number of thiophene rings is 1. The second kappa shape index (κ2) is 8.69. The summed E-state index contributed by atoms with van der Waals surface area (Å²) < 4.78 is 6.98. The second-order valence-corrected chi connectivity index (χ2v) is 8.10. The van der Waals surface area contributed by atoms with Gasteiger partial charge in [0.15, 0.2) is 0 Å². The molecule has 1 amide bonds. The van der Waals surface area contributed by atoms with Crippen molar-refractivity contribution in [3.8, 4) is 5.69 Å². The molecule has 0 radical (unpaired) electrons. The number of ether oxygens (including phenoxy) is 1. The predicted molar refractivity (Wildman–Crippen MR) is 117 cm³/mol. The summed E-state index contributed by atoms with van der Waals surface area (Å²) in [4.78, 5) is 25.8. The van der Waals surface area contributed by atoms with E-state index >= 15 is 0 Å². The monoisotopic (exact) mass is 439 g/mol. The third-order valence-electron chi connectivity index (χ3n) is 4.48. The lowest BCUT2D eigenvalue weighted by Gasteiger charge is -2.06. The fraction of sp³-hybridized carbons (Fsp3) is 0.136. The smallest absolute Gasteiger partial charge is 0.325 e. The topological polar surface area (TPSA) is 73.2 Å². The SMILES string of the molecule is Cc1nn(-c2ccc(Cl)cc2)c2sc(C(=O)NCC(=O)OCc3ccccc3)cc12. The number of carbonyl (C=O) groups excluding carboxylic acids is 2. The van der Waals surface area contributed by atoms with Gasteiger partial charge in [0.25, 0.3) is 5.91 Å². The molecule has 0 spiro atoms. The van der Waals surface area contributed by atoms with Crippen LogP contribution >= 0.6 is 22.9 Å². The molecule has 2 aromatic heterocycles. The summed E-state index contributed by atoms with van der Waals surface area (Å²) in [6.45, 7) is 1.88. The molecule has 4 rings (SSSR count). The van der Waals surface area contributed by atoms with Crippen molar-refractivity contribution in [2.24, 2.45) is 0 Å². The number of fused-ring (bicyclic) bond motifs is 1. The summed E-state index contributed by atoms with van der Waals surface area (Å²) in [5.41, 5.74) is 2.57. The van der Waals surface area contributed by atoms with Gasteiger partial charge in [-0.1, -0.05) is 41.9 Å². The zero-order valence-electron chi connectivity index (χ0n) is 16.1. The Bertz CT molecular complexity index is 1200. The van der Waals surface area contributed by atoms with Crippen LogP contribution in [0.1, 0.15) is 20.9 Å². The highest BCUT2D eigenvalue weighted by Gasteiger charge is 2.18. The van der Waals surface area contributed by atoms with Crippen molar-refractivity contribution in [2.75, 3.05) is 6.54 Å². The molecule has 6 nitrogen and oxygen atoms in total. The van der Waals surface area contributed by atoms with Gasteiger partial charge in [0.2, 0.25) is 0 Å². The Hall–Kier alpha value is -3.16. The number of nitrogens with zero attached hydrogens (tertiary/aromatic N) is 2. The van der Waals surface area contributed by atoms with Crippen LogP contribution in [-0.2, 0) is 16.1 Å². The molecule has 152 valence electrons. The molecule has 0 atom stereocenters. The Labute approximate surface area is 182 Å². The number of aryl methyl sites for hydroxylation is 1. The number of benzene rings is 2. The minimum Gasteiger partial charge on any atom is -0.460 e. The summed E-state index contributed by atoms with van der Waals surface area (Å²) in [6, 6.07) is 18.5. The van der Waals surface area contributed by atoms with Crippen molar-refractivity contribution < 1.29 is 14.3 Å². The Morgan fingerprint density at radius 1 is 1.13 bits per heavy atom. The summed E-state index contributed by atoms with van der Waals surface area (Å²) in [5.74, 6) is -0.813. The number of hydrogen-bond donors (Lipinski definition) is 1. The van der Waals surface area contributed by atoms with Crippen LogP contribution in [0.4, 0.5) is 0 Å². The molecule has 2 aromatic carbocycles. The average molecular weight is 440 g/mol. The fourth-order valence-corrected chi connectivity index (χ4v) is 4.17. The Balaban J connectivity index is 1.43. The standard InChI is InChI=1S/C22H18ClN3O3S/c1-14-18-11-19(30-22(18)26(25-14)17-9-7-16(23)8-10-17)21(28)24-12-20(27)29-13-15-5-3-2-4-6-15/h2-11H,12-13H2,1H3,(H,24,28). The molecule has 0 aliphatic carbocycles. The van der Waals surface area contributed by atoms with E-state index in [2.05, 4.69) is 10.4 Å². The highest BCUT2D eigenvalue weighted by molar-refractivity contribution is 7.20. The maximum atomic E-state index is 12.5. The minimum absolute atomic E-state index is 0.175. The number of carbonyl (C=O) groups is 2. The van der Waals surface area contributed by atoms with Crippen LogP contribution in [0.2, 0.25) is 5.02 Å². The number of hydrogen-bond acceptors (Lipinski definition) is 5. The average Bonchev–Trinajstić information content (AvgIpc) is 3.33. The van der Waals surface area contributed by atoms with Gasteiger partial charge in [-0.15, -0.1) is 11.3 Å². The van der Waals surface area contributed by atoms with Gasteiger partial charge in [0, 0.05) is 10.4 Å². The van der Waals surface area contributed by atoms with E-state index in [0.29, 0.717) is 9.90 Å². The van der Waals surface area contributed by atoms with Crippen LogP contribution in [0, 0.1) is 6.92 Å². The zero-order chi connectivity index (χ0) is 21.1. The van der Waals surface area contributed by atoms with Crippen molar-refractivity contribution in [2.45, 2.75) is 13.5 Å². The van der Waals surface area contributed by atoms with Crippen molar-refractivity contribution in [3.63, 3.8) is 0 Å². The number of rotatable bonds is 6. The number of halogens is 1. The molecule has 1 N–H and O–H groups in total. The van der Waals surface area contributed by atoms with E-state index in [-0.39, 0.29) is 19.1 Å². The molecular formula is C22H18ClN3O3S. The number of aromatic nitrogens is 2. The first-order valence-electron chi connectivity index (χ1n) is 9.24. The molecule has 0 aliphatic rings. The molecule has 2 heterocycles. The van der Waals surface area contributed by atoms with Crippen LogP contribution in [0.5, 0.6) is 0 Å². The predicted octanol–water partition coefficient (Wildman–Crippen LogP) is 4.52. The number of nitrogens with one attached hydrogen (secondary N) is 1. The maximum absolute atomic E-state index is 12.5. The second-order valence-electron chi connectivity index (χ2n) is 6.63. The van der Waals surface area contributed by atoms with Crippen LogP contribution < -0.4 is 5.32 Å². The molecule has 30 heavy (non-hydrogen) atoms. The van der Waals surface area contributed by atoms with E-state index in [1.54, 1.807) is 22.9 Å². The van der Waals surface area contributed by atoms with Gasteiger partial charge < -0.3 is 10.1 Å². The van der Waals surface area contributed by atoms with E-state index in [0.717, 1.165) is 27.2 Å². The third kappa shape index (κ3) is 4.37. The number of amides is 1. The quantitative estimate of drug-likeness (QED) is 0.448. The van der Waals surface area contributed by atoms with Gasteiger partial charge in [-0.25, -0.2) is 4.68 Å². The van der Waals surface area contributed by atoms with Gasteiger partial charge in [0.1, 0.15) is 18.0 Å². The first-order valence-corrected chi connectivity index (χ1v) is 10.4. The van der Waals surface area contributed by atoms with Gasteiger partial charge in [-0.2, -0.15) is 5.10 Å². The van der Waals surface area contributed by atoms with Crippen molar-refractivity contribution in [1.29, 1.82) is 0 Å². The normalized spacial score (nSPS) is 10.9. The molecule has 0 bridgehead atoms. The van der Waals surface area contributed by atoms with E-state index in [9.17, 15) is 9.59 Å². The maximum Gasteiger partial charge on any atom is 0.325 e. The lowest BCUT2D eigenvalue weighted by Crippen LogP contribution is -2.30. The van der Waals surface area contributed by atoms with Crippen molar-refractivity contribution in [3.05, 3.63) is 81.8 Å². The molecule has 4 aromatic rings. The number of esters is 1. The molecular weight excluding hydrogens is 422 g/mol. The van der Waals surface area contributed by atoms with Crippen LogP contribution in [0.3, 0.4) is 0 Å². The summed E-state index contributed by atoms with van der Waals surface area (Å²) in [7, 11) is 0. The van der Waals surface area contributed by atoms with Gasteiger partial charge in [-0.05, 0) is 42.8 Å². The van der Waals surface area contributed by atoms with Gasteiger partial charge in [-0.3, -0.25) is 9.59 Å². The first-order chi connectivity index (χ1) is 14.5. The van der Waals surface area contributed by atoms with Crippen molar-refractivity contribution in [1.82, 2.24) is 15.1 Å². The largest absolute Gasteiger partial charge is 0.460 e. The molecule has 0 saturated carbocycles. The van der Waals surface area contributed by atoms with E-state index in [1.165, 1.54) is 11.3 Å². The summed E-state index contributed by atoms with van der Waals surface area (Å²) in [5, 5.41) is 8.72. The summed E-state index contributed by atoms with van der Waals surface area (Å²) >= 11 is 7.29. The first kappa shape index (κ1) is 20.1. The molecule has 0 fully saturated rings. The van der Waals surface area contributed by atoms with E-state index < -0.39 is 5.97 Å².